The highest BCUT2D eigenvalue weighted by Gasteiger charge is 2.18. The normalized spacial score (nSPS) is 10.3. The van der Waals surface area contributed by atoms with Gasteiger partial charge in [-0.1, -0.05) is 74.0 Å². The fourth-order valence-corrected chi connectivity index (χ4v) is 3.43. The summed E-state index contributed by atoms with van der Waals surface area (Å²) in [5.74, 6) is 0. The Morgan fingerprint density at radius 2 is 1.41 bits per heavy atom. The lowest BCUT2D eigenvalue weighted by atomic mass is 9.97. The van der Waals surface area contributed by atoms with Gasteiger partial charge in [0.15, 0.2) is 0 Å². The standard InChI is InChI=1S/C19H22N3P.C6H6/c1-3-4-5-17-18(14-10-12-20-13-11-14)19(21-22(17)2)15-6-8-16(23)9-7-15;1-2-4-6-5-3-1/h6-13H,3-5,23H2,1-2H3;1-6H. The van der Waals surface area contributed by atoms with Crippen LogP contribution in [0.25, 0.3) is 22.4 Å². The van der Waals surface area contributed by atoms with Crippen LogP contribution in [0.1, 0.15) is 25.5 Å². The van der Waals surface area contributed by atoms with Gasteiger partial charge in [-0.15, -0.1) is 9.24 Å². The highest BCUT2D eigenvalue weighted by atomic mass is 31.0. The lowest BCUT2D eigenvalue weighted by Crippen LogP contribution is -1.99. The molecule has 29 heavy (non-hydrogen) atoms. The zero-order chi connectivity index (χ0) is 20.5. The van der Waals surface area contributed by atoms with Crippen LogP contribution in [0.4, 0.5) is 0 Å². The molecule has 4 heteroatoms. The minimum absolute atomic E-state index is 1.04. The third-order valence-corrected chi connectivity index (χ3v) is 5.14. The summed E-state index contributed by atoms with van der Waals surface area (Å²) in [5.41, 5.74) is 5.92. The summed E-state index contributed by atoms with van der Waals surface area (Å²) in [4.78, 5) is 4.15. The number of aryl methyl sites for hydroxylation is 1. The Morgan fingerprint density at radius 1 is 0.828 bits per heavy atom. The Balaban J connectivity index is 0.000000343. The van der Waals surface area contributed by atoms with E-state index in [1.165, 1.54) is 35.0 Å². The van der Waals surface area contributed by atoms with Crippen LogP contribution in [0.5, 0.6) is 0 Å². The van der Waals surface area contributed by atoms with Gasteiger partial charge in [0.2, 0.25) is 0 Å². The first-order valence-corrected chi connectivity index (χ1v) is 10.6. The lowest BCUT2D eigenvalue weighted by molar-refractivity contribution is 0.678. The van der Waals surface area contributed by atoms with Crippen molar-refractivity contribution in [1.82, 2.24) is 14.8 Å². The highest BCUT2D eigenvalue weighted by molar-refractivity contribution is 7.27. The molecular formula is C25H28N3P. The van der Waals surface area contributed by atoms with Gasteiger partial charge in [-0.2, -0.15) is 5.10 Å². The summed E-state index contributed by atoms with van der Waals surface area (Å²) in [6.45, 7) is 2.22. The molecular weight excluding hydrogens is 373 g/mol. The second kappa shape index (κ2) is 10.7. The van der Waals surface area contributed by atoms with E-state index >= 15 is 0 Å². The quantitative estimate of drug-likeness (QED) is 0.403. The van der Waals surface area contributed by atoms with Gasteiger partial charge in [0.25, 0.3) is 0 Å². The van der Waals surface area contributed by atoms with Crippen LogP contribution in [0, 0.1) is 0 Å². The monoisotopic (exact) mass is 401 g/mol. The lowest BCUT2D eigenvalue weighted by Gasteiger charge is -2.07. The van der Waals surface area contributed by atoms with Crippen molar-refractivity contribution in [2.45, 2.75) is 26.2 Å². The molecule has 0 N–H and O–H groups in total. The molecule has 0 aliphatic heterocycles. The van der Waals surface area contributed by atoms with Crippen LogP contribution in [-0.4, -0.2) is 14.8 Å². The fourth-order valence-electron chi connectivity index (χ4n) is 3.24. The Morgan fingerprint density at radius 3 is 1.97 bits per heavy atom. The van der Waals surface area contributed by atoms with E-state index in [0.29, 0.717) is 0 Å². The fraction of sp³-hybridized carbons (Fsp3) is 0.200. The predicted octanol–water partition coefficient (Wildman–Crippen LogP) is 5.68. The summed E-state index contributed by atoms with van der Waals surface area (Å²) in [6.07, 6.45) is 7.09. The average molecular weight is 401 g/mol. The van der Waals surface area contributed by atoms with Crippen molar-refractivity contribution < 1.29 is 0 Å². The van der Waals surface area contributed by atoms with Gasteiger partial charge in [-0.05, 0) is 35.8 Å². The number of unbranched alkanes of at least 4 members (excludes halogenated alkanes) is 1. The SMILES string of the molecule is CCCCc1c(-c2ccncc2)c(-c2ccc(P)cc2)nn1C.c1ccccc1. The molecule has 3 nitrogen and oxygen atoms in total. The van der Waals surface area contributed by atoms with Crippen LogP contribution >= 0.6 is 9.24 Å². The number of pyridine rings is 1. The van der Waals surface area contributed by atoms with E-state index in [4.69, 9.17) is 5.10 Å². The van der Waals surface area contributed by atoms with Crippen molar-refractivity contribution in [2.24, 2.45) is 7.05 Å². The molecule has 0 aliphatic carbocycles. The summed E-state index contributed by atoms with van der Waals surface area (Å²) in [6, 6.07) is 24.6. The number of rotatable bonds is 5. The predicted molar refractivity (Wildman–Crippen MR) is 126 cm³/mol. The molecule has 0 fully saturated rings. The third kappa shape index (κ3) is 5.62. The van der Waals surface area contributed by atoms with E-state index in [9.17, 15) is 0 Å². The molecule has 4 rings (SSSR count). The molecule has 1 atom stereocenters. The van der Waals surface area contributed by atoms with E-state index in [1.807, 2.05) is 60.5 Å². The molecule has 1 unspecified atom stereocenters. The van der Waals surface area contributed by atoms with Gasteiger partial charge in [-0.25, -0.2) is 0 Å². The summed E-state index contributed by atoms with van der Waals surface area (Å²) in [5, 5.41) is 6.01. The van der Waals surface area contributed by atoms with Crippen LogP contribution in [0.2, 0.25) is 0 Å². The van der Waals surface area contributed by atoms with Crippen molar-refractivity contribution >= 4 is 14.5 Å². The van der Waals surface area contributed by atoms with Crippen LogP contribution in [-0.2, 0) is 13.5 Å². The number of benzene rings is 2. The van der Waals surface area contributed by atoms with Crippen LogP contribution in [0.15, 0.2) is 85.2 Å². The number of nitrogens with zero attached hydrogens (tertiary/aromatic N) is 3. The molecule has 2 aromatic heterocycles. The minimum Gasteiger partial charge on any atom is -0.271 e. The molecule has 0 bridgehead atoms. The maximum atomic E-state index is 4.83. The summed E-state index contributed by atoms with van der Waals surface area (Å²) in [7, 11) is 4.77. The van der Waals surface area contributed by atoms with Gasteiger partial charge in [0, 0.05) is 36.3 Å². The molecule has 0 spiro atoms. The molecule has 0 saturated carbocycles. The zero-order valence-electron chi connectivity index (χ0n) is 17.1. The number of hydrogen-bond donors (Lipinski definition) is 0. The van der Waals surface area contributed by atoms with E-state index in [1.54, 1.807) is 0 Å². The molecule has 0 aliphatic rings. The Kier molecular flexibility index (Phi) is 7.72. The molecule has 4 aromatic rings. The maximum Gasteiger partial charge on any atom is 0.100 e. The number of aromatic nitrogens is 3. The van der Waals surface area contributed by atoms with Crippen molar-refractivity contribution in [3.63, 3.8) is 0 Å². The van der Waals surface area contributed by atoms with Crippen LogP contribution < -0.4 is 5.30 Å². The summed E-state index contributed by atoms with van der Waals surface area (Å²) < 4.78 is 2.04. The van der Waals surface area contributed by atoms with Crippen molar-refractivity contribution in [1.29, 1.82) is 0 Å². The first-order chi connectivity index (χ1) is 14.2. The molecule has 0 radical (unpaired) electrons. The first kappa shape index (κ1) is 21.0. The second-order valence-electron chi connectivity index (χ2n) is 6.91. The molecule has 2 aromatic carbocycles. The first-order valence-electron chi connectivity index (χ1n) is 10.0. The van der Waals surface area contributed by atoms with E-state index in [0.717, 1.165) is 17.7 Å². The Bertz CT molecular complexity index is 967. The van der Waals surface area contributed by atoms with Gasteiger partial charge < -0.3 is 0 Å². The van der Waals surface area contributed by atoms with Crippen molar-refractivity contribution in [3.05, 3.63) is 90.9 Å². The van der Waals surface area contributed by atoms with Gasteiger partial charge in [0.1, 0.15) is 5.69 Å². The van der Waals surface area contributed by atoms with Crippen molar-refractivity contribution in [2.75, 3.05) is 0 Å². The minimum atomic E-state index is 1.04. The van der Waals surface area contributed by atoms with E-state index in [-0.39, 0.29) is 0 Å². The van der Waals surface area contributed by atoms with Gasteiger partial charge >= 0.3 is 0 Å². The molecule has 0 saturated heterocycles. The van der Waals surface area contributed by atoms with E-state index in [2.05, 4.69) is 57.5 Å². The third-order valence-electron chi connectivity index (χ3n) is 4.75. The Labute approximate surface area is 176 Å². The van der Waals surface area contributed by atoms with Crippen molar-refractivity contribution in [3.8, 4) is 22.4 Å². The largest absolute Gasteiger partial charge is 0.271 e. The second-order valence-corrected chi connectivity index (χ2v) is 7.58. The van der Waals surface area contributed by atoms with Crippen LogP contribution in [0.3, 0.4) is 0 Å². The highest BCUT2D eigenvalue weighted by Crippen LogP contribution is 2.34. The summed E-state index contributed by atoms with van der Waals surface area (Å²) >= 11 is 0. The van der Waals surface area contributed by atoms with E-state index < -0.39 is 0 Å². The topological polar surface area (TPSA) is 30.7 Å². The van der Waals surface area contributed by atoms with Gasteiger partial charge in [-0.3, -0.25) is 9.67 Å². The number of hydrogen-bond acceptors (Lipinski definition) is 2. The smallest absolute Gasteiger partial charge is 0.100 e. The maximum absolute atomic E-state index is 4.83. The Hall–Kier alpha value is -2.77. The average Bonchev–Trinajstić information content (AvgIpc) is 3.11. The van der Waals surface area contributed by atoms with Gasteiger partial charge in [0.05, 0.1) is 0 Å². The zero-order valence-corrected chi connectivity index (χ0v) is 18.3. The molecule has 2 heterocycles. The molecule has 148 valence electrons. The molecule has 0 amide bonds.